The van der Waals surface area contributed by atoms with Crippen LogP contribution in [0.15, 0.2) is 60.0 Å². The number of rotatable bonds is 5. The van der Waals surface area contributed by atoms with Crippen LogP contribution in [0.1, 0.15) is 21.6 Å². The summed E-state index contributed by atoms with van der Waals surface area (Å²) in [5.74, 6) is -1.25. The van der Waals surface area contributed by atoms with E-state index >= 15 is 0 Å². The molecule has 0 fully saturated rings. The average Bonchev–Trinajstić information content (AvgIpc) is 3.25. The molecule has 4 rings (SSSR count). The van der Waals surface area contributed by atoms with Crippen LogP contribution < -0.4 is 5.32 Å². The minimum atomic E-state index is -0.686. The fourth-order valence-corrected chi connectivity index (χ4v) is 4.60. The molecular weight excluding hydrogens is 427 g/mol. The molecule has 2 aromatic heterocycles. The Bertz CT molecular complexity index is 1230. The van der Waals surface area contributed by atoms with E-state index in [9.17, 15) is 9.59 Å². The molecule has 0 aliphatic carbocycles. The number of halogens is 2. The number of ketones is 1. The zero-order valence-electron chi connectivity index (χ0n) is 15.4. The predicted molar refractivity (Wildman–Crippen MR) is 120 cm³/mol. The lowest BCUT2D eigenvalue weighted by atomic mass is 10.1. The smallest absolute Gasteiger partial charge is 0.296 e. The van der Waals surface area contributed by atoms with Crippen LogP contribution in [0.4, 0.5) is 5.69 Å². The first kappa shape index (κ1) is 19.7. The molecule has 146 valence electrons. The van der Waals surface area contributed by atoms with E-state index in [1.54, 1.807) is 24.3 Å². The van der Waals surface area contributed by atoms with Crippen LogP contribution in [0, 0.1) is 6.92 Å². The molecule has 0 aliphatic heterocycles. The molecule has 2 aromatic carbocycles. The molecule has 1 N–H and O–H groups in total. The first-order chi connectivity index (χ1) is 13.9. The van der Waals surface area contributed by atoms with E-state index in [1.807, 2.05) is 42.6 Å². The van der Waals surface area contributed by atoms with Gasteiger partial charge in [-0.2, -0.15) is 0 Å². The molecule has 4 nitrogen and oxygen atoms in total. The van der Waals surface area contributed by atoms with Gasteiger partial charge in [0.15, 0.2) is 0 Å². The lowest BCUT2D eigenvalue weighted by molar-refractivity contribution is -0.112. The van der Waals surface area contributed by atoms with Crippen LogP contribution in [0.3, 0.4) is 0 Å². The Labute approximate surface area is 181 Å². The second-order valence-electron chi connectivity index (χ2n) is 6.60. The van der Waals surface area contributed by atoms with Gasteiger partial charge in [0.1, 0.15) is 0 Å². The zero-order valence-corrected chi connectivity index (χ0v) is 17.7. The normalized spacial score (nSPS) is 11.0. The quantitative estimate of drug-likeness (QED) is 0.296. The Morgan fingerprint density at radius 3 is 2.52 bits per heavy atom. The van der Waals surface area contributed by atoms with Crippen molar-refractivity contribution in [2.24, 2.45) is 0 Å². The molecule has 0 atom stereocenters. The highest BCUT2D eigenvalue weighted by atomic mass is 35.5. The van der Waals surface area contributed by atoms with E-state index in [4.69, 9.17) is 23.2 Å². The molecule has 29 heavy (non-hydrogen) atoms. The summed E-state index contributed by atoms with van der Waals surface area (Å²) in [4.78, 5) is 25.6. The lowest BCUT2D eigenvalue weighted by Gasteiger charge is -2.09. The van der Waals surface area contributed by atoms with Crippen LogP contribution in [-0.2, 0) is 11.3 Å². The Hall–Kier alpha value is -2.60. The van der Waals surface area contributed by atoms with E-state index in [0.717, 1.165) is 21.5 Å². The van der Waals surface area contributed by atoms with E-state index in [-0.39, 0.29) is 0 Å². The second-order valence-corrected chi connectivity index (χ2v) is 8.39. The van der Waals surface area contributed by atoms with E-state index in [2.05, 4.69) is 9.88 Å². The van der Waals surface area contributed by atoms with Crippen LogP contribution in [0.5, 0.6) is 0 Å². The van der Waals surface area contributed by atoms with Crippen molar-refractivity contribution in [2.75, 3.05) is 5.32 Å². The molecule has 4 aromatic rings. The number of thiophene rings is 1. The Morgan fingerprint density at radius 1 is 1.03 bits per heavy atom. The van der Waals surface area contributed by atoms with Gasteiger partial charge in [-0.1, -0.05) is 41.4 Å². The van der Waals surface area contributed by atoms with Crippen LogP contribution in [-0.4, -0.2) is 16.3 Å². The van der Waals surface area contributed by atoms with Gasteiger partial charge >= 0.3 is 0 Å². The molecule has 0 aliphatic rings. The highest BCUT2D eigenvalue weighted by Crippen LogP contribution is 2.32. The first-order valence-corrected chi connectivity index (χ1v) is 10.5. The third kappa shape index (κ3) is 3.94. The lowest BCUT2D eigenvalue weighted by Crippen LogP contribution is -2.23. The second kappa shape index (κ2) is 8.03. The molecule has 0 unspecified atom stereocenters. The van der Waals surface area contributed by atoms with Crippen molar-refractivity contribution in [3.05, 3.63) is 86.8 Å². The topological polar surface area (TPSA) is 51.1 Å². The van der Waals surface area contributed by atoms with Crippen LogP contribution in [0.2, 0.25) is 10.0 Å². The van der Waals surface area contributed by atoms with Crippen molar-refractivity contribution in [3.8, 4) is 0 Å². The van der Waals surface area contributed by atoms with Gasteiger partial charge in [0.05, 0.1) is 15.8 Å². The fourth-order valence-electron chi connectivity index (χ4n) is 3.29. The summed E-state index contributed by atoms with van der Waals surface area (Å²) >= 11 is 13.4. The number of fused-ring (bicyclic) bond motifs is 1. The highest BCUT2D eigenvalue weighted by Gasteiger charge is 2.26. The first-order valence-electron chi connectivity index (χ1n) is 8.86. The number of amides is 1. The van der Waals surface area contributed by atoms with Crippen molar-refractivity contribution in [1.29, 1.82) is 0 Å². The molecule has 0 saturated carbocycles. The van der Waals surface area contributed by atoms with Crippen LogP contribution >= 0.6 is 34.5 Å². The van der Waals surface area contributed by atoms with E-state index in [1.165, 1.54) is 11.3 Å². The average molecular weight is 443 g/mol. The summed E-state index contributed by atoms with van der Waals surface area (Å²) in [6.07, 6.45) is 0. The van der Waals surface area contributed by atoms with Gasteiger partial charge in [-0.05, 0) is 54.3 Å². The van der Waals surface area contributed by atoms with Gasteiger partial charge in [-0.3, -0.25) is 9.59 Å². The molecule has 0 spiro atoms. The van der Waals surface area contributed by atoms with Crippen LogP contribution in [0.25, 0.3) is 10.2 Å². The molecular formula is C22H16Cl2N2O2S. The maximum Gasteiger partial charge on any atom is 0.296 e. The fraction of sp³-hybridized carbons (Fsp3) is 0.0909. The van der Waals surface area contributed by atoms with Crippen molar-refractivity contribution in [2.45, 2.75) is 13.5 Å². The number of hydrogen-bond acceptors (Lipinski definition) is 3. The molecule has 2 heterocycles. The van der Waals surface area contributed by atoms with E-state index < -0.39 is 11.7 Å². The number of carbonyl (C=O) groups is 2. The minimum absolute atomic E-state index is 0.434. The standard InChI is InChI=1S/C22H16Cl2N2O2S/c1-13-19(20(27)22(28)25-17-4-2-3-16(24)11-17)21-18(9-10-29-21)26(13)12-14-5-7-15(23)8-6-14/h2-11H,12H2,1H3,(H,25,28). The minimum Gasteiger partial charge on any atom is -0.339 e. The summed E-state index contributed by atoms with van der Waals surface area (Å²) in [6, 6.07) is 16.3. The number of hydrogen-bond donors (Lipinski definition) is 1. The van der Waals surface area contributed by atoms with Crippen molar-refractivity contribution >= 4 is 62.1 Å². The van der Waals surface area contributed by atoms with Crippen molar-refractivity contribution in [3.63, 3.8) is 0 Å². The summed E-state index contributed by atoms with van der Waals surface area (Å²) < 4.78 is 2.86. The number of anilines is 1. The molecule has 0 saturated heterocycles. The maximum atomic E-state index is 13.0. The van der Waals surface area contributed by atoms with Gasteiger partial charge in [-0.15, -0.1) is 11.3 Å². The number of nitrogens with zero attached hydrogens (tertiary/aromatic N) is 1. The van der Waals surface area contributed by atoms with Crippen molar-refractivity contribution < 1.29 is 9.59 Å². The summed E-state index contributed by atoms with van der Waals surface area (Å²) in [6.45, 7) is 2.45. The van der Waals surface area contributed by atoms with Gasteiger partial charge in [-0.25, -0.2) is 0 Å². The number of aromatic nitrogens is 1. The highest BCUT2D eigenvalue weighted by molar-refractivity contribution is 7.17. The van der Waals surface area contributed by atoms with Crippen molar-refractivity contribution in [1.82, 2.24) is 4.57 Å². The Balaban J connectivity index is 1.67. The molecule has 0 bridgehead atoms. The number of carbonyl (C=O) groups excluding carboxylic acids is 2. The van der Waals surface area contributed by atoms with E-state index in [0.29, 0.717) is 27.8 Å². The Morgan fingerprint density at radius 2 is 1.79 bits per heavy atom. The maximum absolute atomic E-state index is 13.0. The summed E-state index contributed by atoms with van der Waals surface area (Å²) in [5.41, 5.74) is 3.66. The third-order valence-electron chi connectivity index (χ3n) is 4.70. The molecule has 7 heteroatoms. The number of nitrogens with one attached hydrogen (secondary N) is 1. The number of Topliss-reactive ketones (excluding diaryl/α,β-unsaturated/α-hetero) is 1. The third-order valence-corrected chi connectivity index (χ3v) is 6.11. The Kier molecular flexibility index (Phi) is 5.46. The van der Waals surface area contributed by atoms with Gasteiger partial charge in [0.2, 0.25) is 0 Å². The molecule has 0 radical (unpaired) electrons. The SMILES string of the molecule is Cc1c(C(=O)C(=O)Nc2cccc(Cl)c2)c2sccc2n1Cc1ccc(Cl)cc1. The predicted octanol–water partition coefficient (Wildman–Crippen LogP) is 6.19. The van der Waals surface area contributed by atoms with Gasteiger partial charge < -0.3 is 9.88 Å². The monoisotopic (exact) mass is 442 g/mol. The largest absolute Gasteiger partial charge is 0.339 e. The summed E-state index contributed by atoms with van der Waals surface area (Å²) in [5, 5.41) is 5.72. The number of benzene rings is 2. The summed E-state index contributed by atoms with van der Waals surface area (Å²) in [7, 11) is 0. The van der Waals surface area contributed by atoms with Gasteiger partial charge in [0.25, 0.3) is 11.7 Å². The zero-order chi connectivity index (χ0) is 20.5. The van der Waals surface area contributed by atoms with Gasteiger partial charge in [0, 0.05) is 28.0 Å². The molecule has 1 amide bonds.